The molecule has 0 rings (SSSR count). The van der Waals surface area contributed by atoms with Crippen LogP contribution in [0.15, 0.2) is 0 Å². The Kier molecular flexibility index (Phi) is 30.2. The predicted octanol–water partition coefficient (Wildman–Crippen LogP) is 6.87. The number of aliphatic hydroxyl groups is 2. The number of carbonyl (C=O) groups excluding carboxylic acids is 2. The molecule has 0 atom stereocenters. The topological polar surface area (TPSA) is 83.8 Å². The first-order valence-electron chi connectivity index (χ1n) is 13.1. The van der Waals surface area contributed by atoms with E-state index in [-0.39, 0.29) is 25.2 Å². The van der Waals surface area contributed by atoms with Crippen molar-refractivity contribution >= 4 is 11.9 Å². The van der Waals surface area contributed by atoms with Crippen LogP contribution in [0.3, 0.4) is 0 Å². The Morgan fingerprint density at radius 2 is 0.742 bits per heavy atom. The number of hydrogen-bond donors (Lipinski definition) is 2. The summed E-state index contributed by atoms with van der Waals surface area (Å²) in [6.45, 7) is 4.22. The fraction of sp³-hybridized carbons (Fsp3) is 0.923. The number of aliphatic hydroxyl groups excluding tert-OH is 2. The molecular weight excluding hydrogens is 392 g/mol. The minimum absolute atomic E-state index is 0.125. The van der Waals surface area contributed by atoms with Crippen molar-refractivity contribution in [3.05, 3.63) is 0 Å². The number of ether oxygens (including phenoxy) is 1. The zero-order valence-corrected chi connectivity index (χ0v) is 20.7. The van der Waals surface area contributed by atoms with E-state index in [4.69, 9.17) is 14.9 Å². The molecule has 0 saturated carbocycles. The summed E-state index contributed by atoms with van der Waals surface area (Å²) in [5, 5.41) is 15.2. The van der Waals surface area contributed by atoms with Crippen molar-refractivity contribution in [3.8, 4) is 0 Å². The Morgan fingerprint density at radius 3 is 1.00 bits per heavy atom. The molecule has 0 radical (unpaired) electrons. The van der Waals surface area contributed by atoms with Crippen LogP contribution < -0.4 is 0 Å². The van der Waals surface area contributed by atoms with E-state index in [0.29, 0.717) is 12.8 Å². The summed E-state index contributed by atoms with van der Waals surface area (Å²) in [6, 6.07) is 0. The number of unbranched alkanes of at least 4 members (excludes halogenated alkanes) is 16. The summed E-state index contributed by atoms with van der Waals surface area (Å²) >= 11 is 0. The van der Waals surface area contributed by atoms with Crippen molar-refractivity contribution in [2.24, 2.45) is 0 Å². The molecule has 0 bridgehead atoms. The number of carbonyl (C=O) groups is 2. The Morgan fingerprint density at radius 1 is 0.484 bits per heavy atom. The van der Waals surface area contributed by atoms with E-state index in [2.05, 4.69) is 13.8 Å². The summed E-state index contributed by atoms with van der Waals surface area (Å²) in [7, 11) is 0. The van der Waals surface area contributed by atoms with Crippen molar-refractivity contribution in [1.82, 2.24) is 0 Å². The van der Waals surface area contributed by atoms with Crippen molar-refractivity contribution in [1.29, 1.82) is 0 Å². The van der Waals surface area contributed by atoms with Gasteiger partial charge in [-0.05, 0) is 12.8 Å². The van der Waals surface area contributed by atoms with Gasteiger partial charge in [0.15, 0.2) is 0 Å². The molecule has 5 nitrogen and oxygen atoms in total. The number of esters is 2. The molecule has 2 N–H and O–H groups in total. The third-order valence-corrected chi connectivity index (χ3v) is 5.30. The van der Waals surface area contributed by atoms with Crippen LogP contribution in [0.25, 0.3) is 0 Å². The first kappa shape index (κ1) is 32.2. The molecule has 0 aliphatic carbocycles. The van der Waals surface area contributed by atoms with Gasteiger partial charge in [-0.15, -0.1) is 0 Å². The second-order valence-corrected chi connectivity index (χ2v) is 8.45. The van der Waals surface area contributed by atoms with Crippen LogP contribution in [0.5, 0.6) is 0 Å². The number of hydrogen-bond acceptors (Lipinski definition) is 5. The van der Waals surface area contributed by atoms with Gasteiger partial charge in [0.2, 0.25) is 0 Å². The summed E-state index contributed by atoms with van der Waals surface area (Å²) in [5.74, 6) is -0.669. The molecule has 0 aromatic carbocycles. The highest BCUT2D eigenvalue weighted by Gasteiger charge is 2.09. The summed E-state index contributed by atoms with van der Waals surface area (Å²) < 4.78 is 4.92. The minimum atomic E-state index is -0.334. The molecule has 0 aromatic heterocycles. The van der Waals surface area contributed by atoms with Crippen LogP contribution in [-0.2, 0) is 14.3 Å². The van der Waals surface area contributed by atoms with E-state index in [1.165, 1.54) is 89.9 Å². The Hall–Kier alpha value is -0.940. The van der Waals surface area contributed by atoms with E-state index < -0.39 is 0 Å². The van der Waals surface area contributed by atoms with Crippen LogP contribution in [0.4, 0.5) is 0 Å². The third kappa shape index (κ3) is 31.3. The highest BCUT2D eigenvalue weighted by molar-refractivity contribution is 5.85. The zero-order chi connectivity index (χ0) is 23.4. The van der Waals surface area contributed by atoms with Crippen molar-refractivity contribution in [2.75, 3.05) is 13.2 Å². The lowest BCUT2D eigenvalue weighted by Gasteiger charge is -2.04. The third-order valence-electron chi connectivity index (χ3n) is 5.30. The summed E-state index contributed by atoms with van der Waals surface area (Å²) in [6.07, 6.45) is 22.8. The van der Waals surface area contributed by atoms with Crippen molar-refractivity contribution in [2.45, 2.75) is 142 Å². The first-order chi connectivity index (χ1) is 15.1. The average Bonchev–Trinajstić information content (AvgIpc) is 2.77. The molecule has 0 spiro atoms. The van der Waals surface area contributed by atoms with Crippen molar-refractivity contribution in [3.63, 3.8) is 0 Å². The summed E-state index contributed by atoms with van der Waals surface area (Å²) in [4.78, 5) is 23.4. The van der Waals surface area contributed by atoms with E-state index in [9.17, 15) is 9.59 Å². The quantitative estimate of drug-likeness (QED) is 0.115. The first-order valence-corrected chi connectivity index (χ1v) is 13.1. The number of rotatable bonds is 21. The van der Waals surface area contributed by atoms with Crippen LogP contribution in [0.2, 0.25) is 0 Å². The predicted molar refractivity (Wildman–Crippen MR) is 129 cm³/mol. The minimum Gasteiger partial charge on any atom is -0.394 e. The maximum atomic E-state index is 11.7. The molecule has 0 amide bonds. The van der Waals surface area contributed by atoms with E-state index in [1.807, 2.05) is 0 Å². The SMILES string of the molecule is CCCCCCCCCCCC(=O)OC(=O)CCCCCCCCCCC.OCCO. The Labute approximate surface area is 192 Å². The van der Waals surface area contributed by atoms with Gasteiger partial charge in [0.05, 0.1) is 13.2 Å². The van der Waals surface area contributed by atoms with E-state index in [1.54, 1.807) is 0 Å². The van der Waals surface area contributed by atoms with Gasteiger partial charge < -0.3 is 14.9 Å². The van der Waals surface area contributed by atoms with Gasteiger partial charge in [-0.3, -0.25) is 9.59 Å². The second kappa shape index (κ2) is 29.1. The van der Waals surface area contributed by atoms with Gasteiger partial charge in [-0.25, -0.2) is 0 Å². The highest BCUT2D eigenvalue weighted by Crippen LogP contribution is 2.12. The standard InChI is InChI=1S/C24H46O3.C2H6O2/c1-3-5-7-9-11-13-15-17-19-21-23(25)27-24(26)22-20-18-16-14-12-10-8-6-4-2;3-1-2-4/h3-22H2,1-2H3;3-4H,1-2H2. The molecule has 0 saturated heterocycles. The molecule has 0 aliphatic rings. The molecule has 5 heteroatoms. The summed E-state index contributed by atoms with van der Waals surface area (Å²) in [5.41, 5.74) is 0. The maximum absolute atomic E-state index is 11.7. The smallest absolute Gasteiger partial charge is 0.313 e. The Bertz CT molecular complexity index is 337. The van der Waals surface area contributed by atoms with Gasteiger partial charge in [0, 0.05) is 12.8 Å². The van der Waals surface area contributed by atoms with E-state index >= 15 is 0 Å². The van der Waals surface area contributed by atoms with Crippen LogP contribution >= 0.6 is 0 Å². The second-order valence-electron chi connectivity index (χ2n) is 8.45. The lowest BCUT2D eigenvalue weighted by Crippen LogP contribution is -2.11. The Balaban J connectivity index is 0. The van der Waals surface area contributed by atoms with Gasteiger partial charge in [-0.1, -0.05) is 117 Å². The normalized spacial score (nSPS) is 10.5. The van der Waals surface area contributed by atoms with E-state index in [0.717, 1.165) is 25.7 Å². The van der Waals surface area contributed by atoms with Gasteiger partial charge >= 0.3 is 11.9 Å². The van der Waals surface area contributed by atoms with Crippen LogP contribution in [0.1, 0.15) is 142 Å². The fourth-order valence-corrected chi connectivity index (χ4v) is 3.39. The lowest BCUT2D eigenvalue weighted by atomic mass is 10.1. The molecule has 186 valence electrons. The molecule has 0 aliphatic heterocycles. The van der Waals surface area contributed by atoms with Crippen LogP contribution in [-0.4, -0.2) is 35.4 Å². The largest absolute Gasteiger partial charge is 0.394 e. The molecule has 0 aromatic rings. The van der Waals surface area contributed by atoms with Gasteiger partial charge in [0.1, 0.15) is 0 Å². The zero-order valence-electron chi connectivity index (χ0n) is 20.7. The molecule has 0 heterocycles. The van der Waals surface area contributed by atoms with Crippen molar-refractivity contribution < 1.29 is 24.5 Å². The fourth-order valence-electron chi connectivity index (χ4n) is 3.39. The molecule has 0 unspecified atom stereocenters. The molecular formula is C26H52O5. The van der Waals surface area contributed by atoms with Gasteiger partial charge in [0.25, 0.3) is 0 Å². The average molecular weight is 445 g/mol. The molecule has 0 fully saturated rings. The molecule has 31 heavy (non-hydrogen) atoms. The lowest BCUT2D eigenvalue weighted by molar-refractivity contribution is -0.159. The van der Waals surface area contributed by atoms with Gasteiger partial charge in [-0.2, -0.15) is 0 Å². The maximum Gasteiger partial charge on any atom is 0.313 e. The highest BCUT2D eigenvalue weighted by atomic mass is 16.6. The van der Waals surface area contributed by atoms with Crippen LogP contribution in [0, 0.1) is 0 Å². The monoisotopic (exact) mass is 444 g/mol.